The molecule has 2 N–H and O–H groups in total. The summed E-state index contributed by atoms with van der Waals surface area (Å²) in [6.07, 6.45) is 0. The van der Waals surface area contributed by atoms with Crippen LogP contribution in [-0.2, 0) is 0 Å². The summed E-state index contributed by atoms with van der Waals surface area (Å²) in [5.74, 6) is -2.07. The molecule has 21 heavy (non-hydrogen) atoms. The molecule has 0 aliphatic rings. The number of hydrogen-bond acceptors (Lipinski definition) is 2. The molecule has 0 aromatic heterocycles. The third kappa shape index (κ3) is 3.37. The largest absolute Gasteiger partial charge is 0.507 e. The summed E-state index contributed by atoms with van der Waals surface area (Å²) in [7, 11) is 0. The zero-order valence-electron chi connectivity index (χ0n) is 11.7. The minimum Gasteiger partial charge on any atom is -0.507 e. The predicted octanol–water partition coefficient (Wildman–Crippen LogP) is 3.47. The van der Waals surface area contributed by atoms with Crippen LogP contribution in [0.15, 0.2) is 36.4 Å². The SMILES string of the molecule is Cc1ccc(O)c(C(=O)N[C@@H](C)c2ccc(F)cc2F)c1. The van der Waals surface area contributed by atoms with Gasteiger partial charge in [0.2, 0.25) is 0 Å². The van der Waals surface area contributed by atoms with Gasteiger partial charge in [-0.25, -0.2) is 8.78 Å². The van der Waals surface area contributed by atoms with E-state index in [-0.39, 0.29) is 16.9 Å². The lowest BCUT2D eigenvalue weighted by Gasteiger charge is -2.16. The molecular formula is C16H15F2NO2. The van der Waals surface area contributed by atoms with Crippen LogP contribution in [0.25, 0.3) is 0 Å². The van der Waals surface area contributed by atoms with Crippen LogP contribution in [0.1, 0.15) is 34.5 Å². The number of aryl methyl sites for hydroxylation is 1. The first kappa shape index (κ1) is 15.0. The zero-order valence-corrected chi connectivity index (χ0v) is 11.7. The van der Waals surface area contributed by atoms with Crippen LogP contribution < -0.4 is 5.32 Å². The molecule has 5 heteroatoms. The van der Waals surface area contributed by atoms with E-state index in [1.165, 1.54) is 12.1 Å². The van der Waals surface area contributed by atoms with Gasteiger partial charge in [0.1, 0.15) is 17.4 Å². The predicted molar refractivity (Wildman–Crippen MR) is 75.1 cm³/mol. The van der Waals surface area contributed by atoms with E-state index in [2.05, 4.69) is 5.32 Å². The van der Waals surface area contributed by atoms with E-state index in [0.29, 0.717) is 0 Å². The second kappa shape index (κ2) is 5.91. The number of rotatable bonds is 3. The molecule has 0 fully saturated rings. The molecule has 2 rings (SSSR count). The fourth-order valence-electron chi connectivity index (χ4n) is 2.04. The van der Waals surface area contributed by atoms with Crippen molar-refractivity contribution >= 4 is 5.91 Å². The highest BCUT2D eigenvalue weighted by Crippen LogP contribution is 2.21. The highest BCUT2D eigenvalue weighted by atomic mass is 19.1. The molecule has 0 heterocycles. The minimum absolute atomic E-state index is 0.115. The van der Waals surface area contributed by atoms with Gasteiger partial charge in [-0.2, -0.15) is 0 Å². The maximum atomic E-state index is 13.7. The van der Waals surface area contributed by atoms with Crippen molar-refractivity contribution < 1.29 is 18.7 Å². The van der Waals surface area contributed by atoms with E-state index < -0.39 is 23.6 Å². The molecule has 0 aliphatic heterocycles. The molecule has 0 bridgehead atoms. The van der Waals surface area contributed by atoms with Crippen molar-refractivity contribution in [3.8, 4) is 5.75 Å². The first-order valence-corrected chi connectivity index (χ1v) is 6.44. The van der Waals surface area contributed by atoms with Crippen LogP contribution in [0.2, 0.25) is 0 Å². The van der Waals surface area contributed by atoms with Crippen molar-refractivity contribution in [1.29, 1.82) is 0 Å². The normalized spacial score (nSPS) is 12.0. The Morgan fingerprint density at radius 3 is 2.57 bits per heavy atom. The molecule has 0 aliphatic carbocycles. The molecule has 3 nitrogen and oxygen atoms in total. The van der Waals surface area contributed by atoms with Gasteiger partial charge in [-0.1, -0.05) is 17.7 Å². The third-order valence-electron chi connectivity index (χ3n) is 3.17. The lowest BCUT2D eigenvalue weighted by molar-refractivity contribution is 0.0936. The molecule has 0 unspecified atom stereocenters. The van der Waals surface area contributed by atoms with Crippen molar-refractivity contribution in [2.75, 3.05) is 0 Å². The third-order valence-corrected chi connectivity index (χ3v) is 3.17. The number of phenols is 1. The average Bonchev–Trinajstić information content (AvgIpc) is 2.41. The molecule has 0 saturated heterocycles. The van der Waals surface area contributed by atoms with Gasteiger partial charge >= 0.3 is 0 Å². The topological polar surface area (TPSA) is 49.3 Å². The minimum atomic E-state index is -0.726. The number of benzene rings is 2. The standard InChI is InChI=1S/C16H15F2NO2/c1-9-3-6-15(20)13(7-9)16(21)19-10(2)12-5-4-11(17)8-14(12)18/h3-8,10,20H,1-2H3,(H,19,21)/t10-/m0/s1. The van der Waals surface area contributed by atoms with Gasteiger partial charge in [-0.3, -0.25) is 4.79 Å². The first-order chi connectivity index (χ1) is 9.88. The van der Waals surface area contributed by atoms with Crippen molar-refractivity contribution in [1.82, 2.24) is 5.32 Å². The van der Waals surface area contributed by atoms with Gasteiger partial charge in [0.25, 0.3) is 5.91 Å². The van der Waals surface area contributed by atoms with Gasteiger partial charge in [-0.05, 0) is 32.0 Å². The lowest BCUT2D eigenvalue weighted by Crippen LogP contribution is -2.27. The van der Waals surface area contributed by atoms with Gasteiger partial charge in [0.15, 0.2) is 0 Å². The van der Waals surface area contributed by atoms with Gasteiger partial charge in [-0.15, -0.1) is 0 Å². The number of nitrogens with one attached hydrogen (secondary N) is 1. The monoisotopic (exact) mass is 291 g/mol. The van der Waals surface area contributed by atoms with Crippen LogP contribution in [0.5, 0.6) is 5.75 Å². The van der Waals surface area contributed by atoms with Crippen LogP contribution >= 0.6 is 0 Å². The molecule has 2 aromatic rings. The van der Waals surface area contributed by atoms with Gasteiger partial charge in [0, 0.05) is 11.6 Å². The quantitative estimate of drug-likeness (QED) is 0.909. The Morgan fingerprint density at radius 2 is 1.90 bits per heavy atom. The summed E-state index contributed by atoms with van der Waals surface area (Å²) >= 11 is 0. The Balaban J connectivity index is 2.20. The summed E-state index contributed by atoms with van der Waals surface area (Å²) in [5.41, 5.74) is 1.11. The lowest BCUT2D eigenvalue weighted by atomic mass is 10.1. The van der Waals surface area contributed by atoms with E-state index in [1.54, 1.807) is 26.0 Å². The van der Waals surface area contributed by atoms with E-state index in [0.717, 1.165) is 17.7 Å². The van der Waals surface area contributed by atoms with Crippen molar-refractivity contribution in [2.24, 2.45) is 0 Å². The van der Waals surface area contributed by atoms with Crippen molar-refractivity contribution in [3.05, 3.63) is 64.7 Å². The molecule has 2 aromatic carbocycles. The molecule has 0 radical (unpaired) electrons. The van der Waals surface area contributed by atoms with E-state index in [4.69, 9.17) is 0 Å². The fraction of sp³-hybridized carbons (Fsp3) is 0.188. The first-order valence-electron chi connectivity index (χ1n) is 6.44. The maximum absolute atomic E-state index is 13.7. The van der Waals surface area contributed by atoms with Crippen LogP contribution in [-0.4, -0.2) is 11.0 Å². The molecule has 0 spiro atoms. The van der Waals surface area contributed by atoms with E-state index in [9.17, 15) is 18.7 Å². The highest BCUT2D eigenvalue weighted by Gasteiger charge is 2.17. The smallest absolute Gasteiger partial charge is 0.255 e. The Bertz CT molecular complexity index is 686. The van der Waals surface area contributed by atoms with Crippen LogP contribution in [0.3, 0.4) is 0 Å². The highest BCUT2D eigenvalue weighted by molar-refractivity contribution is 5.97. The molecule has 1 amide bonds. The summed E-state index contributed by atoms with van der Waals surface area (Å²) in [4.78, 5) is 12.1. The number of phenolic OH excluding ortho intramolecular Hbond substituents is 1. The maximum Gasteiger partial charge on any atom is 0.255 e. The summed E-state index contributed by atoms with van der Waals surface area (Å²) < 4.78 is 26.5. The summed E-state index contributed by atoms with van der Waals surface area (Å²) in [6.45, 7) is 3.38. The second-order valence-electron chi connectivity index (χ2n) is 4.88. The number of aromatic hydroxyl groups is 1. The number of hydrogen-bond donors (Lipinski definition) is 2. The van der Waals surface area contributed by atoms with E-state index in [1.807, 2.05) is 0 Å². The Hall–Kier alpha value is -2.43. The Morgan fingerprint density at radius 1 is 1.19 bits per heavy atom. The Labute approximate surface area is 121 Å². The van der Waals surface area contributed by atoms with Gasteiger partial charge < -0.3 is 10.4 Å². The van der Waals surface area contributed by atoms with E-state index >= 15 is 0 Å². The van der Waals surface area contributed by atoms with Crippen molar-refractivity contribution in [2.45, 2.75) is 19.9 Å². The van der Waals surface area contributed by atoms with Crippen LogP contribution in [0, 0.1) is 18.6 Å². The molecule has 0 saturated carbocycles. The zero-order chi connectivity index (χ0) is 15.6. The second-order valence-corrected chi connectivity index (χ2v) is 4.88. The Kier molecular flexibility index (Phi) is 4.21. The fourth-order valence-corrected chi connectivity index (χ4v) is 2.04. The number of carbonyl (C=O) groups is 1. The molecular weight excluding hydrogens is 276 g/mol. The molecule has 1 atom stereocenters. The summed E-state index contributed by atoms with van der Waals surface area (Å²) in [6, 6.07) is 7.16. The van der Waals surface area contributed by atoms with Gasteiger partial charge in [0.05, 0.1) is 11.6 Å². The number of halogens is 2. The average molecular weight is 291 g/mol. The van der Waals surface area contributed by atoms with Crippen LogP contribution in [0.4, 0.5) is 8.78 Å². The number of amides is 1. The molecule has 110 valence electrons. The number of carbonyl (C=O) groups excluding carboxylic acids is 1. The summed E-state index contributed by atoms with van der Waals surface area (Å²) in [5, 5.41) is 12.3. The van der Waals surface area contributed by atoms with Crippen molar-refractivity contribution in [3.63, 3.8) is 0 Å².